The molecule has 0 saturated heterocycles. The van der Waals surface area contributed by atoms with Crippen LogP contribution in [0.4, 0.5) is 0 Å². The Bertz CT molecular complexity index is 707. The lowest BCUT2D eigenvalue weighted by atomic mass is 10.3. The monoisotopic (exact) mass is 337 g/mol. The van der Waals surface area contributed by atoms with Crippen molar-refractivity contribution in [2.24, 2.45) is 0 Å². The van der Waals surface area contributed by atoms with Crippen molar-refractivity contribution in [1.29, 1.82) is 0 Å². The Balaban J connectivity index is 2.40. The van der Waals surface area contributed by atoms with Crippen molar-refractivity contribution >= 4 is 31.5 Å². The van der Waals surface area contributed by atoms with Gasteiger partial charge in [0.15, 0.2) is 9.84 Å². The summed E-state index contributed by atoms with van der Waals surface area (Å²) in [5, 5.41) is 0.0166. The molecule has 0 aliphatic heterocycles. The molecule has 8 heteroatoms. The molecule has 0 bridgehead atoms. The predicted octanol–water partition coefficient (Wildman–Crippen LogP) is 1.96. The third-order valence-electron chi connectivity index (χ3n) is 3.30. The second kappa shape index (κ2) is 5.63. The van der Waals surface area contributed by atoms with Crippen LogP contribution in [0.25, 0.3) is 0 Å². The van der Waals surface area contributed by atoms with Crippen LogP contribution in [0.5, 0.6) is 0 Å². The molecular weight excluding hydrogens is 322 g/mol. The summed E-state index contributed by atoms with van der Waals surface area (Å²) in [4.78, 5) is -0.248. The van der Waals surface area contributed by atoms with Gasteiger partial charge in [-0.05, 0) is 31.0 Å². The van der Waals surface area contributed by atoms with E-state index in [2.05, 4.69) is 4.72 Å². The van der Waals surface area contributed by atoms with Crippen molar-refractivity contribution in [3.63, 3.8) is 0 Å². The van der Waals surface area contributed by atoms with Crippen LogP contribution in [0.1, 0.15) is 25.7 Å². The first kappa shape index (κ1) is 15.8. The number of halogens is 1. The van der Waals surface area contributed by atoms with Crippen LogP contribution < -0.4 is 4.72 Å². The maximum Gasteiger partial charge on any atom is 0.242 e. The molecule has 1 N–H and O–H groups in total. The van der Waals surface area contributed by atoms with Crippen LogP contribution in [0.15, 0.2) is 28.0 Å². The van der Waals surface area contributed by atoms with E-state index < -0.39 is 19.9 Å². The fraction of sp³-hybridized carbons (Fsp3) is 0.500. The van der Waals surface area contributed by atoms with Gasteiger partial charge < -0.3 is 0 Å². The molecule has 0 heterocycles. The van der Waals surface area contributed by atoms with Crippen molar-refractivity contribution in [2.75, 3.05) is 6.26 Å². The van der Waals surface area contributed by atoms with Gasteiger partial charge in [-0.3, -0.25) is 0 Å². The molecule has 0 aromatic heterocycles. The summed E-state index contributed by atoms with van der Waals surface area (Å²) in [7, 11) is -7.28. The van der Waals surface area contributed by atoms with E-state index in [1.165, 1.54) is 12.1 Å². The minimum absolute atomic E-state index is 0.0166. The average Bonchev–Trinajstić information content (AvgIpc) is 2.79. The van der Waals surface area contributed by atoms with Gasteiger partial charge in [-0.1, -0.05) is 24.4 Å². The van der Waals surface area contributed by atoms with Crippen molar-refractivity contribution in [2.45, 2.75) is 41.5 Å². The van der Waals surface area contributed by atoms with E-state index in [1.54, 1.807) is 0 Å². The van der Waals surface area contributed by atoms with E-state index in [9.17, 15) is 16.8 Å². The lowest BCUT2D eigenvalue weighted by Gasteiger charge is -2.14. The largest absolute Gasteiger partial charge is 0.242 e. The Kier molecular flexibility index (Phi) is 4.44. The quantitative estimate of drug-likeness (QED) is 0.910. The van der Waals surface area contributed by atoms with Gasteiger partial charge in [-0.25, -0.2) is 21.6 Å². The lowest BCUT2D eigenvalue weighted by molar-refractivity contribution is 0.552. The van der Waals surface area contributed by atoms with E-state index in [4.69, 9.17) is 11.6 Å². The third kappa shape index (κ3) is 3.52. The van der Waals surface area contributed by atoms with E-state index in [0.717, 1.165) is 38.0 Å². The van der Waals surface area contributed by atoms with Gasteiger partial charge in [0.2, 0.25) is 10.0 Å². The number of nitrogens with one attached hydrogen (secondary N) is 1. The summed E-state index contributed by atoms with van der Waals surface area (Å²) in [5.74, 6) is 0. The minimum Gasteiger partial charge on any atom is -0.224 e. The maximum atomic E-state index is 12.3. The highest BCUT2D eigenvalue weighted by Crippen LogP contribution is 2.26. The standard InChI is InChI=1S/C12H16ClNO4S2/c1-19(15,16)10-6-7-11(13)12(8-10)20(17,18)14-9-4-2-3-5-9/h6-9,14H,2-5H2,1H3. The van der Waals surface area contributed by atoms with Crippen molar-refractivity contribution in [3.05, 3.63) is 23.2 Å². The van der Waals surface area contributed by atoms with Crippen LogP contribution in [-0.2, 0) is 19.9 Å². The van der Waals surface area contributed by atoms with Gasteiger partial charge in [0.1, 0.15) is 4.90 Å². The molecule has 1 aromatic rings. The zero-order valence-electron chi connectivity index (χ0n) is 11.0. The number of hydrogen-bond acceptors (Lipinski definition) is 4. The van der Waals surface area contributed by atoms with Crippen LogP contribution in [-0.4, -0.2) is 29.1 Å². The summed E-state index contributed by atoms with van der Waals surface area (Å²) in [6, 6.07) is 3.60. The van der Waals surface area contributed by atoms with E-state index in [0.29, 0.717) is 0 Å². The van der Waals surface area contributed by atoms with Crippen LogP contribution in [0.2, 0.25) is 5.02 Å². The van der Waals surface area contributed by atoms with Gasteiger partial charge in [0.05, 0.1) is 9.92 Å². The topological polar surface area (TPSA) is 80.3 Å². The van der Waals surface area contributed by atoms with E-state index in [-0.39, 0.29) is 20.9 Å². The second-order valence-corrected chi connectivity index (χ2v) is 9.07. The fourth-order valence-corrected chi connectivity index (χ4v) is 4.80. The molecule has 1 saturated carbocycles. The van der Waals surface area contributed by atoms with Crippen molar-refractivity contribution in [1.82, 2.24) is 4.72 Å². The van der Waals surface area contributed by atoms with E-state index in [1.807, 2.05) is 0 Å². The zero-order chi connectivity index (χ0) is 15.0. The molecule has 5 nitrogen and oxygen atoms in total. The SMILES string of the molecule is CS(=O)(=O)c1ccc(Cl)c(S(=O)(=O)NC2CCCC2)c1. The Morgan fingerprint density at radius 2 is 1.75 bits per heavy atom. The number of hydrogen-bond donors (Lipinski definition) is 1. The average molecular weight is 338 g/mol. The molecule has 20 heavy (non-hydrogen) atoms. The molecule has 0 unspecified atom stereocenters. The van der Waals surface area contributed by atoms with Gasteiger partial charge >= 0.3 is 0 Å². The Morgan fingerprint density at radius 1 is 1.15 bits per heavy atom. The number of sulfonamides is 1. The third-order valence-corrected chi connectivity index (χ3v) is 6.41. The molecule has 0 spiro atoms. The first-order chi connectivity index (χ1) is 9.20. The summed E-state index contributed by atoms with van der Waals surface area (Å²) < 4.78 is 50.2. The second-order valence-electron chi connectivity index (χ2n) is 4.97. The minimum atomic E-state index is -3.80. The molecule has 1 aromatic carbocycles. The summed E-state index contributed by atoms with van der Waals surface area (Å²) in [5.41, 5.74) is 0. The molecule has 0 radical (unpaired) electrons. The number of sulfone groups is 1. The molecule has 2 rings (SSSR count). The Hall–Kier alpha value is -0.630. The summed E-state index contributed by atoms with van der Waals surface area (Å²) in [6.45, 7) is 0. The zero-order valence-corrected chi connectivity index (χ0v) is 13.4. The van der Waals surface area contributed by atoms with Gasteiger partial charge in [-0.2, -0.15) is 0 Å². The van der Waals surface area contributed by atoms with Crippen molar-refractivity contribution in [3.8, 4) is 0 Å². The van der Waals surface area contributed by atoms with Crippen LogP contribution in [0, 0.1) is 0 Å². The van der Waals surface area contributed by atoms with Gasteiger partial charge in [-0.15, -0.1) is 0 Å². The van der Waals surface area contributed by atoms with Crippen LogP contribution in [0.3, 0.4) is 0 Å². The summed E-state index contributed by atoms with van der Waals surface area (Å²) in [6.07, 6.45) is 4.59. The highest BCUT2D eigenvalue weighted by molar-refractivity contribution is 7.91. The van der Waals surface area contributed by atoms with Crippen molar-refractivity contribution < 1.29 is 16.8 Å². The predicted molar refractivity (Wildman–Crippen MR) is 77.1 cm³/mol. The number of rotatable bonds is 4. The first-order valence-corrected chi connectivity index (χ1v) is 9.97. The molecule has 1 fully saturated rings. The molecule has 1 aliphatic carbocycles. The highest BCUT2D eigenvalue weighted by atomic mass is 35.5. The lowest BCUT2D eigenvalue weighted by Crippen LogP contribution is -2.32. The fourth-order valence-electron chi connectivity index (χ4n) is 2.25. The summed E-state index contributed by atoms with van der Waals surface area (Å²) >= 11 is 5.90. The molecule has 0 amide bonds. The molecule has 0 atom stereocenters. The maximum absolute atomic E-state index is 12.3. The Labute approximate surface area is 124 Å². The smallest absolute Gasteiger partial charge is 0.224 e. The molecule has 112 valence electrons. The van der Waals surface area contributed by atoms with Crippen LogP contribution >= 0.6 is 11.6 Å². The normalized spacial score (nSPS) is 17.5. The Morgan fingerprint density at radius 3 is 2.30 bits per heavy atom. The van der Waals surface area contributed by atoms with Gasteiger partial charge in [0, 0.05) is 12.3 Å². The molecule has 1 aliphatic rings. The van der Waals surface area contributed by atoms with Gasteiger partial charge in [0.25, 0.3) is 0 Å². The van der Waals surface area contributed by atoms with E-state index >= 15 is 0 Å². The number of benzene rings is 1. The highest BCUT2D eigenvalue weighted by Gasteiger charge is 2.25. The molecular formula is C12H16ClNO4S2. The first-order valence-electron chi connectivity index (χ1n) is 6.22.